The van der Waals surface area contributed by atoms with E-state index >= 15 is 0 Å². The van der Waals surface area contributed by atoms with Crippen molar-refractivity contribution in [2.24, 2.45) is 0 Å². The van der Waals surface area contributed by atoms with Gasteiger partial charge in [-0.2, -0.15) is 0 Å². The molecule has 0 N–H and O–H groups in total. The van der Waals surface area contributed by atoms with E-state index in [1.54, 1.807) is 18.2 Å². The van der Waals surface area contributed by atoms with Crippen molar-refractivity contribution in [2.75, 3.05) is 24.7 Å². The quantitative estimate of drug-likeness (QED) is 0.542. The minimum Gasteiger partial charge on any atom is -0.482 e. The minimum atomic E-state index is -0.519. The average molecular weight is 384 g/mol. The van der Waals surface area contributed by atoms with Crippen LogP contribution in [0, 0.1) is 13.8 Å². The lowest BCUT2D eigenvalue weighted by Crippen LogP contribution is -2.40. The van der Waals surface area contributed by atoms with Gasteiger partial charge in [-0.25, -0.2) is 0 Å². The summed E-state index contributed by atoms with van der Waals surface area (Å²) in [5.41, 5.74) is 3.08. The van der Waals surface area contributed by atoms with Gasteiger partial charge in [-0.3, -0.25) is 14.4 Å². The molecule has 0 saturated carbocycles. The molecule has 0 aliphatic carbocycles. The third kappa shape index (κ3) is 3.93. The first-order chi connectivity index (χ1) is 13.4. The fourth-order valence-electron chi connectivity index (χ4n) is 3.47. The lowest BCUT2D eigenvalue weighted by atomic mass is 10.1. The molecule has 0 spiro atoms. The van der Waals surface area contributed by atoms with E-state index in [1.807, 2.05) is 37.5 Å². The van der Waals surface area contributed by atoms with Crippen LogP contribution in [0.25, 0.3) is 0 Å². The number of anilines is 1. The molecule has 148 valence electrons. The van der Waals surface area contributed by atoms with Crippen LogP contribution in [0.3, 0.4) is 0 Å². The molecule has 2 aromatic rings. The molecule has 1 amide bonds. The van der Waals surface area contributed by atoms with E-state index in [0.29, 0.717) is 17.0 Å². The molecular formula is C21H24N2O5. The zero-order valence-electron chi connectivity index (χ0n) is 16.4. The Bertz CT molecular complexity index is 916. The molecular weight excluding hydrogens is 360 g/mol. The summed E-state index contributed by atoms with van der Waals surface area (Å²) in [6, 6.07) is 8.99. The van der Waals surface area contributed by atoms with Gasteiger partial charge in [0.2, 0.25) is 5.78 Å². The molecule has 0 unspecified atom stereocenters. The van der Waals surface area contributed by atoms with Crippen molar-refractivity contribution >= 4 is 23.3 Å². The second-order valence-electron chi connectivity index (χ2n) is 6.66. The topological polar surface area (TPSA) is 77.8 Å². The summed E-state index contributed by atoms with van der Waals surface area (Å²) >= 11 is 0. The van der Waals surface area contributed by atoms with Gasteiger partial charge in [-0.15, -0.1) is 0 Å². The number of hydrogen-bond acceptors (Lipinski definition) is 5. The molecule has 7 nitrogen and oxygen atoms in total. The van der Waals surface area contributed by atoms with Crippen LogP contribution in [0.5, 0.6) is 5.75 Å². The van der Waals surface area contributed by atoms with E-state index in [-0.39, 0.29) is 37.9 Å². The van der Waals surface area contributed by atoms with Crippen LogP contribution in [0.1, 0.15) is 35.1 Å². The normalized spacial score (nSPS) is 13.1. The molecule has 28 heavy (non-hydrogen) atoms. The van der Waals surface area contributed by atoms with Crippen LogP contribution < -0.4 is 9.64 Å². The third-order valence-corrected chi connectivity index (χ3v) is 4.90. The summed E-state index contributed by atoms with van der Waals surface area (Å²) in [6.45, 7) is 6.43. The largest absolute Gasteiger partial charge is 0.482 e. The maximum atomic E-state index is 12.4. The number of ether oxygens (including phenoxy) is 2. The highest BCUT2D eigenvalue weighted by Gasteiger charge is 2.26. The van der Waals surface area contributed by atoms with Crippen molar-refractivity contribution in [3.8, 4) is 5.75 Å². The Morgan fingerprint density at radius 1 is 1.21 bits per heavy atom. The van der Waals surface area contributed by atoms with E-state index in [9.17, 15) is 14.4 Å². The number of benzene rings is 1. The Balaban J connectivity index is 1.55. The SMILES string of the molecule is CCn1c(C)cc(C(=O)COC(=O)CCN2C(=O)COc3ccccc32)c1C. The lowest BCUT2D eigenvalue weighted by Gasteiger charge is -2.28. The molecule has 0 fully saturated rings. The Labute approximate surface area is 163 Å². The van der Waals surface area contributed by atoms with Crippen LogP contribution >= 0.6 is 0 Å². The molecule has 1 aliphatic heterocycles. The third-order valence-electron chi connectivity index (χ3n) is 4.90. The Morgan fingerprint density at radius 3 is 2.68 bits per heavy atom. The number of para-hydroxylation sites is 2. The number of hydrogen-bond donors (Lipinski definition) is 0. The van der Waals surface area contributed by atoms with Gasteiger partial charge in [0.05, 0.1) is 12.1 Å². The maximum Gasteiger partial charge on any atom is 0.308 e. The first-order valence-corrected chi connectivity index (χ1v) is 9.30. The van der Waals surface area contributed by atoms with E-state index < -0.39 is 5.97 Å². The molecule has 2 heterocycles. The first kappa shape index (κ1) is 19.7. The van der Waals surface area contributed by atoms with Gasteiger partial charge in [-0.1, -0.05) is 12.1 Å². The summed E-state index contributed by atoms with van der Waals surface area (Å²) in [5, 5.41) is 0. The number of amides is 1. The van der Waals surface area contributed by atoms with Gasteiger partial charge in [0.25, 0.3) is 5.91 Å². The number of carbonyl (C=O) groups excluding carboxylic acids is 3. The number of ketones is 1. The number of aryl methyl sites for hydroxylation is 1. The van der Waals surface area contributed by atoms with Gasteiger partial charge in [0.15, 0.2) is 13.2 Å². The molecule has 3 rings (SSSR count). The van der Waals surface area contributed by atoms with E-state index in [1.165, 1.54) is 4.90 Å². The van der Waals surface area contributed by atoms with E-state index in [4.69, 9.17) is 9.47 Å². The average Bonchev–Trinajstić information content (AvgIpc) is 2.98. The number of esters is 1. The Morgan fingerprint density at radius 2 is 1.96 bits per heavy atom. The number of aromatic nitrogens is 1. The van der Waals surface area contributed by atoms with E-state index in [2.05, 4.69) is 0 Å². The first-order valence-electron chi connectivity index (χ1n) is 9.30. The summed E-state index contributed by atoms with van der Waals surface area (Å²) in [5.74, 6) is -0.352. The number of fused-ring (bicyclic) bond motifs is 1. The highest BCUT2D eigenvalue weighted by Crippen LogP contribution is 2.31. The fourth-order valence-corrected chi connectivity index (χ4v) is 3.47. The van der Waals surface area contributed by atoms with E-state index in [0.717, 1.165) is 17.9 Å². The van der Waals surface area contributed by atoms with Gasteiger partial charge in [0.1, 0.15) is 5.75 Å². The molecule has 7 heteroatoms. The smallest absolute Gasteiger partial charge is 0.308 e. The van der Waals surface area contributed by atoms with Crippen molar-refractivity contribution in [3.63, 3.8) is 0 Å². The standard InChI is InChI=1S/C21H24N2O5/c1-4-22-14(2)11-16(15(22)3)18(24)12-28-21(26)9-10-23-17-7-5-6-8-19(17)27-13-20(23)25/h5-8,11H,4,9-10,12-13H2,1-3H3. The zero-order chi connectivity index (χ0) is 20.3. The molecule has 1 aliphatic rings. The van der Waals surface area contributed by atoms with Crippen LogP contribution in [0.4, 0.5) is 5.69 Å². The van der Waals surface area contributed by atoms with Gasteiger partial charge in [0, 0.05) is 30.0 Å². The van der Waals surface area contributed by atoms with Crippen LogP contribution in [-0.4, -0.2) is 42.0 Å². The highest BCUT2D eigenvalue weighted by atomic mass is 16.5. The molecule has 1 aromatic carbocycles. The monoisotopic (exact) mass is 384 g/mol. The van der Waals surface area contributed by atoms with Crippen LogP contribution in [0.15, 0.2) is 30.3 Å². The van der Waals surface area contributed by atoms with Gasteiger partial charge >= 0.3 is 5.97 Å². The summed E-state index contributed by atoms with van der Waals surface area (Å²) in [6.07, 6.45) is 0.00133. The van der Waals surface area contributed by atoms with Crippen molar-refractivity contribution in [3.05, 3.63) is 47.3 Å². The zero-order valence-corrected chi connectivity index (χ0v) is 16.4. The van der Waals surface area contributed by atoms with Gasteiger partial charge in [-0.05, 0) is 39.0 Å². The van der Waals surface area contributed by atoms with Crippen LogP contribution in [0.2, 0.25) is 0 Å². The second-order valence-corrected chi connectivity index (χ2v) is 6.66. The second kappa shape index (κ2) is 8.29. The van der Waals surface area contributed by atoms with Gasteiger partial charge < -0.3 is 18.9 Å². The number of nitrogens with zero attached hydrogens (tertiary/aromatic N) is 2. The van der Waals surface area contributed by atoms with Crippen LogP contribution in [-0.2, 0) is 20.9 Å². The molecule has 0 saturated heterocycles. The van der Waals surface area contributed by atoms with Crippen molar-refractivity contribution in [2.45, 2.75) is 33.7 Å². The molecule has 1 aromatic heterocycles. The fraction of sp³-hybridized carbons (Fsp3) is 0.381. The summed E-state index contributed by atoms with van der Waals surface area (Å²) < 4.78 is 12.6. The van der Waals surface area contributed by atoms with Crippen molar-refractivity contribution < 1.29 is 23.9 Å². The van der Waals surface area contributed by atoms with Crippen molar-refractivity contribution in [1.82, 2.24) is 4.57 Å². The van der Waals surface area contributed by atoms with Crippen molar-refractivity contribution in [1.29, 1.82) is 0 Å². The number of carbonyl (C=O) groups is 3. The maximum absolute atomic E-state index is 12.4. The number of rotatable bonds is 7. The Hall–Kier alpha value is -3.09. The predicted octanol–water partition coefficient (Wildman–Crippen LogP) is 2.67. The minimum absolute atomic E-state index is 0.00133. The Kier molecular flexibility index (Phi) is 5.82. The summed E-state index contributed by atoms with van der Waals surface area (Å²) in [7, 11) is 0. The number of Topliss-reactive ketones (excluding diaryl/α,β-unsaturated/α-hetero) is 1. The lowest BCUT2D eigenvalue weighted by molar-refractivity contribution is -0.142. The summed E-state index contributed by atoms with van der Waals surface area (Å²) in [4.78, 5) is 38.1. The predicted molar refractivity (Wildman–Crippen MR) is 104 cm³/mol. The molecule has 0 atom stereocenters. The molecule has 0 bridgehead atoms. The highest BCUT2D eigenvalue weighted by molar-refractivity contribution is 6.00. The molecule has 0 radical (unpaired) electrons.